The molecule has 2 aromatic rings. The summed E-state index contributed by atoms with van der Waals surface area (Å²) in [6, 6.07) is 8.55. The van der Waals surface area contributed by atoms with Crippen molar-refractivity contribution in [3.63, 3.8) is 0 Å². The van der Waals surface area contributed by atoms with Gasteiger partial charge in [0, 0.05) is 6.54 Å². The number of hydrogen-bond donors (Lipinski definition) is 1. The number of nitrogens with zero attached hydrogens (tertiary/aromatic N) is 3. The van der Waals surface area contributed by atoms with Crippen LogP contribution in [0.15, 0.2) is 28.8 Å². The molecular weight excluding hydrogens is 344 g/mol. The Morgan fingerprint density at radius 3 is 2.96 bits per heavy atom. The fraction of sp³-hybridized carbons (Fsp3) is 0.438. The molecule has 8 nitrogen and oxygen atoms in total. The molecule has 9 heteroatoms. The molecule has 25 heavy (non-hydrogen) atoms. The highest BCUT2D eigenvalue weighted by Crippen LogP contribution is 2.31. The van der Waals surface area contributed by atoms with Crippen molar-refractivity contribution in [2.24, 2.45) is 0 Å². The summed E-state index contributed by atoms with van der Waals surface area (Å²) in [4.78, 5) is 4.14. The molecule has 1 saturated heterocycles. The third-order valence-corrected chi connectivity index (χ3v) is 5.19. The molecule has 1 aromatic heterocycles. The van der Waals surface area contributed by atoms with Crippen LogP contribution in [-0.4, -0.2) is 31.2 Å². The first-order valence-electron chi connectivity index (χ1n) is 7.87. The molecule has 0 radical (unpaired) electrons. The van der Waals surface area contributed by atoms with Crippen molar-refractivity contribution in [3.05, 3.63) is 47.1 Å². The Bertz CT molecular complexity index is 888. The third-order valence-electron chi connectivity index (χ3n) is 3.87. The van der Waals surface area contributed by atoms with Crippen molar-refractivity contribution in [3.8, 4) is 6.07 Å². The monoisotopic (exact) mass is 362 g/mol. The van der Waals surface area contributed by atoms with Crippen LogP contribution in [0.4, 0.5) is 0 Å². The number of sulfonamides is 1. The minimum absolute atomic E-state index is 0.179. The van der Waals surface area contributed by atoms with E-state index >= 15 is 0 Å². The number of hydrogen-bond acceptors (Lipinski definition) is 7. The van der Waals surface area contributed by atoms with Crippen molar-refractivity contribution in [1.82, 2.24) is 14.9 Å². The van der Waals surface area contributed by atoms with Crippen molar-refractivity contribution < 1.29 is 17.7 Å². The average Bonchev–Trinajstić information content (AvgIpc) is 3.21. The van der Waals surface area contributed by atoms with Crippen LogP contribution in [0.1, 0.15) is 41.8 Å². The lowest BCUT2D eigenvalue weighted by atomic mass is 10.2. The fourth-order valence-corrected chi connectivity index (χ4v) is 3.86. The maximum Gasteiger partial charge on any atom is 0.255 e. The molecule has 0 amide bonds. The minimum Gasteiger partial charge on any atom is -0.364 e. The van der Waals surface area contributed by atoms with E-state index in [1.54, 1.807) is 31.2 Å². The standard InChI is InChI=1S/C16H18N4O4S/c1-11-19-16(24-20-11)15-6-5-14(23-15)9-18-25(21,22)10-13-4-2-3-12(7-13)8-17/h2-4,7,14-15,18H,5-6,9-10H2,1H3/t14-,15+/m1/s1. The first-order chi connectivity index (χ1) is 11.9. The zero-order valence-electron chi connectivity index (χ0n) is 13.7. The summed E-state index contributed by atoms with van der Waals surface area (Å²) in [6.45, 7) is 1.92. The molecule has 1 fully saturated rings. The Balaban J connectivity index is 1.53. The summed E-state index contributed by atoms with van der Waals surface area (Å²) >= 11 is 0. The Morgan fingerprint density at radius 1 is 1.40 bits per heavy atom. The van der Waals surface area contributed by atoms with Crippen LogP contribution in [0.3, 0.4) is 0 Å². The molecule has 1 aliphatic rings. The lowest BCUT2D eigenvalue weighted by Crippen LogP contribution is -2.32. The molecule has 2 atom stereocenters. The van der Waals surface area contributed by atoms with Crippen LogP contribution >= 0.6 is 0 Å². The Kier molecular flexibility index (Phi) is 5.13. The average molecular weight is 362 g/mol. The van der Waals surface area contributed by atoms with Crippen LogP contribution in [0, 0.1) is 18.3 Å². The van der Waals surface area contributed by atoms with E-state index in [0.29, 0.717) is 35.7 Å². The molecule has 0 bridgehead atoms. The number of nitrogens with one attached hydrogen (secondary N) is 1. The fourth-order valence-electron chi connectivity index (χ4n) is 2.70. The van der Waals surface area contributed by atoms with Crippen molar-refractivity contribution >= 4 is 10.0 Å². The van der Waals surface area contributed by atoms with E-state index in [2.05, 4.69) is 14.9 Å². The second-order valence-corrected chi connectivity index (χ2v) is 7.73. The molecule has 0 spiro atoms. The van der Waals surface area contributed by atoms with Gasteiger partial charge in [0.1, 0.15) is 6.10 Å². The van der Waals surface area contributed by atoms with Gasteiger partial charge in [-0.25, -0.2) is 13.1 Å². The second kappa shape index (κ2) is 7.31. The molecule has 2 heterocycles. The van der Waals surface area contributed by atoms with Crippen LogP contribution in [-0.2, 0) is 20.5 Å². The summed E-state index contributed by atoms with van der Waals surface area (Å²) in [6.07, 6.45) is 0.886. The zero-order valence-corrected chi connectivity index (χ0v) is 14.5. The van der Waals surface area contributed by atoms with Crippen LogP contribution in [0.5, 0.6) is 0 Å². The van der Waals surface area contributed by atoms with E-state index in [1.807, 2.05) is 6.07 Å². The van der Waals surface area contributed by atoms with E-state index in [1.165, 1.54) is 0 Å². The van der Waals surface area contributed by atoms with Crippen LogP contribution in [0.2, 0.25) is 0 Å². The first kappa shape index (κ1) is 17.5. The number of aryl methyl sites for hydroxylation is 1. The maximum atomic E-state index is 12.2. The van der Waals surface area contributed by atoms with Gasteiger partial charge < -0.3 is 9.26 Å². The van der Waals surface area contributed by atoms with Crippen LogP contribution in [0.25, 0.3) is 0 Å². The van der Waals surface area contributed by atoms with Gasteiger partial charge in [-0.2, -0.15) is 10.2 Å². The van der Waals surface area contributed by atoms with E-state index in [0.717, 1.165) is 0 Å². The van der Waals surface area contributed by atoms with E-state index in [4.69, 9.17) is 14.5 Å². The van der Waals surface area contributed by atoms with E-state index in [-0.39, 0.29) is 24.5 Å². The molecule has 0 unspecified atom stereocenters. The van der Waals surface area contributed by atoms with E-state index < -0.39 is 10.0 Å². The molecule has 1 aliphatic heterocycles. The molecular formula is C16H18N4O4S. The quantitative estimate of drug-likeness (QED) is 0.829. The zero-order chi connectivity index (χ0) is 17.9. The second-order valence-electron chi connectivity index (χ2n) is 5.92. The molecule has 0 aliphatic carbocycles. The van der Waals surface area contributed by atoms with E-state index in [9.17, 15) is 8.42 Å². The van der Waals surface area contributed by atoms with Crippen molar-refractivity contribution in [2.45, 2.75) is 37.7 Å². The van der Waals surface area contributed by atoms with Gasteiger partial charge in [0.15, 0.2) is 5.82 Å². The number of nitriles is 1. The van der Waals surface area contributed by atoms with Gasteiger partial charge in [0.25, 0.3) is 5.89 Å². The third kappa shape index (κ3) is 4.63. The number of ether oxygens (including phenoxy) is 1. The predicted molar refractivity (Wildman–Crippen MR) is 87.7 cm³/mol. The summed E-state index contributed by atoms with van der Waals surface area (Å²) in [7, 11) is -3.52. The highest BCUT2D eigenvalue weighted by atomic mass is 32.2. The Hall–Kier alpha value is -2.28. The lowest BCUT2D eigenvalue weighted by Gasteiger charge is -2.13. The molecule has 3 rings (SSSR count). The Morgan fingerprint density at radius 2 is 2.24 bits per heavy atom. The van der Waals surface area contributed by atoms with Crippen molar-refractivity contribution in [1.29, 1.82) is 5.26 Å². The Labute approximate surface area is 145 Å². The smallest absolute Gasteiger partial charge is 0.255 e. The topological polar surface area (TPSA) is 118 Å². The maximum absolute atomic E-state index is 12.2. The van der Waals surface area contributed by atoms with Gasteiger partial charge in [0.2, 0.25) is 10.0 Å². The molecule has 1 N–H and O–H groups in total. The summed E-state index contributed by atoms with van der Waals surface area (Å²) < 4.78 is 37.9. The minimum atomic E-state index is -3.52. The van der Waals surface area contributed by atoms with Gasteiger partial charge >= 0.3 is 0 Å². The molecule has 1 aromatic carbocycles. The highest BCUT2D eigenvalue weighted by Gasteiger charge is 2.31. The lowest BCUT2D eigenvalue weighted by molar-refractivity contribution is 0.0290. The number of aromatic nitrogens is 2. The van der Waals surface area contributed by atoms with Gasteiger partial charge in [-0.15, -0.1) is 0 Å². The summed E-state index contributed by atoms with van der Waals surface area (Å²) in [5.74, 6) is 0.792. The van der Waals surface area contributed by atoms with Crippen molar-refractivity contribution in [2.75, 3.05) is 6.54 Å². The van der Waals surface area contributed by atoms with Gasteiger partial charge in [0.05, 0.1) is 23.5 Å². The van der Waals surface area contributed by atoms with Gasteiger partial charge in [-0.05, 0) is 37.5 Å². The molecule has 132 valence electrons. The SMILES string of the molecule is Cc1noc([C@@H]2CC[C@H](CNS(=O)(=O)Cc3cccc(C#N)c3)O2)n1. The normalized spacial score (nSPS) is 20.5. The first-order valence-corrected chi connectivity index (χ1v) is 9.52. The highest BCUT2D eigenvalue weighted by molar-refractivity contribution is 7.88. The van der Waals surface area contributed by atoms with Crippen LogP contribution < -0.4 is 4.72 Å². The number of rotatable bonds is 6. The largest absolute Gasteiger partial charge is 0.364 e. The predicted octanol–water partition coefficient (Wildman–Crippen LogP) is 1.59. The molecule has 0 saturated carbocycles. The number of benzene rings is 1. The van der Waals surface area contributed by atoms with Gasteiger partial charge in [-0.3, -0.25) is 0 Å². The summed E-state index contributed by atoms with van der Waals surface area (Å²) in [5, 5.41) is 12.6. The summed E-state index contributed by atoms with van der Waals surface area (Å²) in [5.41, 5.74) is 1.00. The van der Waals surface area contributed by atoms with Gasteiger partial charge in [-0.1, -0.05) is 17.3 Å².